The van der Waals surface area contributed by atoms with Crippen molar-refractivity contribution >= 4 is 11.7 Å². The van der Waals surface area contributed by atoms with Crippen LogP contribution in [-0.4, -0.2) is 60.9 Å². The minimum atomic E-state index is -1.37. The lowest BCUT2D eigenvalue weighted by molar-refractivity contribution is -0.122. The van der Waals surface area contributed by atoms with Gasteiger partial charge in [-0.3, -0.25) is 4.79 Å². The maximum absolute atomic E-state index is 12.1. The van der Waals surface area contributed by atoms with Gasteiger partial charge in [0, 0.05) is 12.5 Å². The summed E-state index contributed by atoms with van der Waals surface area (Å²) in [5.74, 6) is -0.208. The second kappa shape index (κ2) is 6.93. The van der Waals surface area contributed by atoms with Crippen molar-refractivity contribution in [3.05, 3.63) is 16.7 Å². The number of nitrogens with zero attached hydrogens (tertiary/aromatic N) is 3. The normalized spacial score (nSPS) is 30.1. The average molecular weight is 340 g/mol. The first-order chi connectivity index (χ1) is 11.5. The lowest BCUT2D eigenvalue weighted by Crippen LogP contribution is -2.37. The van der Waals surface area contributed by atoms with Gasteiger partial charge in [-0.05, 0) is 19.3 Å². The molecule has 0 bridgehead atoms. The molecule has 10 heteroatoms. The van der Waals surface area contributed by atoms with E-state index in [-0.39, 0.29) is 30.7 Å². The molecule has 1 aliphatic carbocycles. The minimum absolute atomic E-state index is 0.0353. The summed E-state index contributed by atoms with van der Waals surface area (Å²) in [5.41, 5.74) is -0.817. The molecule has 3 rings (SSSR count). The highest BCUT2D eigenvalue weighted by molar-refractivity contribution is 5.91. The second-order valence-electron chi connectivity index (χ2n) is 6.04. The summed E-state index contributed by atoms with van der Waals surface area (Å²) in [4.78, 5) is 27.7. The highest BCUT2D eigenvalue weighted by Crippen LogP contribution is 2.29. The molecule has 1 aliphatic heterocycles. The van der Waals surface area contributed by atoms with E-state index in [0.29, 0.717) is 0 Å². The molecule has 1 aromatic heterocycles. The summed E-state index contributed by atoms with van der Waals surface area (Å²) in [7, 11) is 0. The van der Waals surface area contributed by atoms with Gasteiger partial charge in [-0.15, -0.1) is 0 Å². The Kier molecular flexibility index (Phi) is 4.90. The van der Waals surface area contributed by atoms with E-state index in [1.54, 1.807) is 0 Å². The van der Waals surface area contributed by atoms with Crippen molar-refractivity contribution in [2.24, 2.45) is 5.92 Å². The lowest BCUT2D eigenvalue weighted by Gasteiger charge is -2.23. The van der Waals surface area contributed by atoms with Gasteiger partial charge in [-0.25, -0.2) is 4.79 Å². The van der Waals surface area contributed by atoms with E-state index >= 15 is 0 Å². The van der Waals surface area contributed by atoms with Gasteiger partial charge in [0.15, 0.2) is 12.0 Å². The summed E-state index contributed by atoms with van der Waals surface area (Å²) in [6.45, 7) is -0.228. The quantitative estimate of drug-likeness (QED) is 0.500. The van der Waals surface area contributed by atoms with Gasteiger partial charge in [0.1, 0.15) is 12.2 Å². The standard InChI is InChI=1S/C14H20N4O6/c19-5-4-8-10(20)11(21)13(24-8)18-14(23)17-9(6-15-18)16-12(22)7-2-1-3-7/h6-8,10-11,13,19-21H,1-5H2,(H,16,17,22,23)/t8-,10-,11-,13-/m1/s1. The fraction of sp³-hybridized carbons (Fsp3) is 0.714. The molecular weight excluding hydrogens is 320 g/mol. The highest BCUT2D eigenvalue weighted by Gasteiger charge is 2.44. The summed E-state index contributed by atoms with van der Waals surface area (Å²) >= 11 is 0. The zero-order chi connectivity index (χ0) is 17.3. The van der Waals surface area contributed by atoms with E-state index in [0.717, 1.165) is 23.9 Å². The Bertz CT molecular complexity index is 661. The number of carbonyl (C=O) groups excluding carboxylic acids is 1. The van der Waals surface area contributed by atoms with Crippen LogP contribution in [0, 0.1) is 5.92 Å². The summed E-state index contributed by atoms with van der Waals surface area (Å²) in [6.07, 6.45) is -0.649. The predicted octanol–water partition coefficient (Wildman–Crippen LogP) is -1.62. The average Bonchev–Trinajstić information content (AvgIpc) is 2.74. The first-order valence-corrected chi connectivity index (χ1v) is 7.90. The minimum Gasteiger partial charge on any atom is -0.396 e. The second-order valence-corrected chi connectivity index (χ2v) is 6.04. The molecule has 4 atom stereocenters. The molecule has 0 unspecified atom stereocenters. The third kappa shape index (κ3) is 3.18. The fourth-order valence-corrected chi connectivity index (χ4v) is 2.78. The molecular formula is C14H20N4O6. The van der Waals surface area contributed by atoms with Crippen molar-refractivity contribution in [1.29, 1.82) is 0 Å². The van der Waals surface area contributed by atoms with Crippen molar-refractivity contribution in [2.45, 2.75) is 50.2 Å². The smallest absolute Gasteiger partial charge is 0.368 e. The van der Waals surface area contributed by atoms with Crippen LogP contribution in [0.1, 0.15) is 31.9 Å². The third-order valence-electron chi connectivity index (χ3n) is 4.44. The van der Waals surface area contributed by atoms with E-state index in [1.165, 1.54) is 6.20 Å². The summed E-state index contributed by atoms with van der Waals surface area (Å²) in [5, 5.41) is 35.2. The van der Waals surface area contributed by atoms with Crippen LogP contribution >= 0.6 is 0 Å². The molecule has 2 aliphatic rings. The largest absolute Gasteiger partial charge is 0.396 e. The van der Waals surface area contributed by atoms with Crippen LogP contribution in [0.3, 0.4) is 0 Å². The number of aromatic nitrogens is 3. The number of rotatable bonds is 5. The van der Waals surface area contributed by atoms with Crippen molar-refractivity contribution < 1.29 is 24.9 Å². The zero-order valence-corrected chi connectivity index (χ0v) is 12.9. The number of carbonyl (C=O) groups is 1. The molecule has 1 saturated carbocycles. The Hall–Kier alpha value is -1.88. The molecule has 1 saturated heterocycles. The first kappa shape index (κ1) is 17.0. The predicted molar refractivity (Wildman–Crippen MR) is 79.9 cm³/mol. The first-order valence-electron chi connectivity index (χ1n) is 7.90. The molecule has 132 valence electrons. The van der Waals surface area contributed by atoms with Crippen LogP contribution in [0.25, 0.3) is 0 Å². The molecule has 24 heavy (non-hydrogen) atoms. The van der Waals surface area contributed by atoms with Crippen LogP contribution in [-0.2, 0) is 9.53 Å². The van der Waals surface area contributed by atoms with Gasteiger partial charge in [0.2, 0.25) is 5.91 Å². The number of hydrogen-bond acceptors (Lipinski definition) is 8. The lowest BCUT2D eigenvalue weighted by atomic mass is 9.85. The van der Waals surface area contributed by atoms with Gasteiger partial charge < -0.3 is 25.4 Å². The summed E-state index contributed by atoms with van der Waals surface area (Å²) in [6, 6.07) is 0. The topological polar surface area (TPSA) is 147 Å². The van der Waals surface area contributed by atoms with Crippen LogP contribution in [0.5, 0.6) is 0 Å². The highest BCUT2D eigenvalue weighted by atomic mass is 16.6. The van der Waals surface area contributed by atoms with Gasteiger partial charge in [-0.2, -0.15) is 14.8 Å². The Labute approximate surface area is 137 Å². The van der Waals surface area contributed by atoms with Gasteiger partial charge in [-0.1, -0.05) is 6.42 Å². The molecule has 2 heterocycles. The maximum atomic E-state index is 12.1. The number of nitrogens with one attached hydrogen (secondary N) is 1. The van der Waals surface area contributed by atoms with Crippen molar-refractivity contribution in [3.8, 4) is 0 Å². The van der Waals surface area contributed by atoms with Crippen molar-refractivity contribution in [2.75, 3.05) is 11.9 Å². The number of aliphatic hydroxyl groups is 3. The van der Waals surface area contributed by atoms with E-state index < -0.39 is 30.2 Å². The monoisotopic (exact) mass is 340 g/mol. The number of amides is 1. The van der Waals surface area contributed by atoms with Gasteiger partial charge in [0.25, 0.3) is 0 Å². The van der Waals surface area contributed by atoms with E-state index in [4.69, 9.17) is 9.84 Å². The number of aliphatic hydroxyl groups excluding tert-OH is 3. The van der Waals surface area contributed by atoms with Crippen LogP contribution in [0.2, 0.25) is 0 Å². The Morgan fingerprint density at radius 3 is 2.71 bits per heavy atom. The fourth-order valence-electron chi connectivity index (χ4n) is 2.78. The van der Waals surface area contributed by atoms with Crippen molar-refractivity contribution in [3.63, 3.8) is 0 Å². The molecule has 2 fully saturated rings. The van der Waals surface area contributed by atoms with E-state index in [2.05, 4.69) is 15.4 Å². The van der Waals surface area contributed by atoms with Gasteiger partial charge in [0.05, 0.1) is 12.3 Å². The molecule has 0 spiro atoms. The Morgan fingerprint density at radius 1 is 1.38 bits per heavy atom. The molecule has 4 N–H and O–H groups in total. The molecule has 0 aromatic carbocycles. The Balaban J connectivity index is 1.73. The molecule has 1 aromatic rings. The number of anilines is 1. The Morgan fingerprint density at radius 2 is 2.12 bits per heavy atom. The van der Waals surface area contributed by atoms with Crippen LogP contribution < -0.4 is 11.0 Å². The maximum Gasteiger partial charge on any atom is 0.368 e. The van der Waals surface area contributed by atoms with Crippen LogP contribution in [0.4, 0.5) is 5.82 Å². The third-order valence-corrected chi connectivity index (χ3v) is 4.44. The van der Waals surface area contributed by atoms with E-state index in [9.17, 15) is 19.8 Å². The SMILES string of the molecule is O=C(Nc1cnn([C@@H]2O[C@H](CCO)[C@@H](O)[C@H]2O)c(=O)n1)C1CCC1. The van der Waals surface area contributed by atoms with Crippen LogP contribution in [0.15, 0.2) is 11.0 Å². The van der Waals surface area contributed by atoms with Gasteiger partial charge >= 0.3 is 5.69 Å². The molecule has 1 amide bonds. The molecule has 10 nitrogen and oxygen atoms in total. The zero-order valence-electron chi connectivity index (χ0n) is 12.9. The van der Waals surface area contributed by atoms with E-state index in [1.807, 2.05) is 0 Å². The van der Waals surface area contributed by atoms with Crippen molar-refractivity contribution in [1.82, 2.24) is 14.8 Å². The number of hydrogen-bond donors (Lipinski definition) is 4. The molecule has 0 radical (unpaired) electrons. The summed E-state index contributed by atoms with van der Waals surface area (Å²) < 4.78 is 6.20. The number of ether oxygens (including phenoxy) is 1.